The third-order valence-electron chi connectivity index (χ3n) is 4.79. The summed E-state index contributed by atoms with van der Waals surface area (Å²) >= 11 is 6.19. The fourth-order valence-corrected chi connectivity index (χ4v) is 3.56. The van der Waals surface area contributed by atoms with Crippen molar-refractivity contribution in [2.45, 2.75) is 38.3 Å². The largest absolute Gasteiger partial charge is 0.346 e. The standard InChI is InChI=1S/C19H20ClN5/c1-12(2)13-6-8-14(9-7-13)17-11-18(15-4-3-5-16(20)10-15)25-19(21-17)22-23-24-25/h3-10,12,17-18H,11H2,1-2H3,(H,21,22,24)/t17-,18-/m1/s1. The molecule has 128 valence electrons. The number of nitrogens with zero attached hydrogens (tertiary/aromatic N) is 4. The van der Waals surface area contributed by atoms with E-state index in [0.717, 1.165) is 17.0 Å². The minimum Gasteiger partial charge on any atom is -0.346 e. The van der Waals surface area contributed by atoms with Crippen LogP contribution in [0.25, 0.3) is 0 Å². The monoisotopic (exact) mass is 353 g/mol. The van der Waals surface area contributed by atoms with E-state index in [0.29, 0.717) is 11.9 Å². The maximum atomic E-state index is 6.19. The number of fused-ring (bicyclic) bond motifs is 1. The zero-order valence-electron chi connectivity index (χ0n) is 14.2. The van der Waals surface area contributed by atoms with Crippen LogP contribution in [0.2, 0.25) is 5.02 Å². The van der Waals surface area contributed by atoms with Gasteiger partial charge in [-0.25, -0.2) is 4.68 Å². The Balaban J connectivity index is 1.68. The van der Waals surface area contributed by atoms with Crippen LogP contribution in [0.1, 0.15) is 55.0 Å². The van der Waals surface area contributed by atoms with Crippen molar-refractivity contribution in [1.82, 2.24) is 20.2 Å². The molecule has 1 aliphatic heterocycles. The van der Waals surface area contributed by atoms with Crippen LogP contribution in [0.15, 0.2) is 48.5 Å². The van der Waals surface area contributed by atoms with E-state index in [1.807, 2.05) is 22.9 Å². The highest BCUT2D eigenvalue weighted by Gasteiger charge is 2.30. The van der Waals surface area contributed by atoms with Gasteiger partial charge in [0.15, 0.2) is 0 Å². The lowest BCUT2D eigenvalue weighted by Crippen LogP contribution is -2.28. The van der Waals surface area contributed by atoms with Gasteiger partial charge in [0.25, 0.3) is 0 Å². The molecular weight excluding hydrogens is 334 g/mol. The number of anilines is 1. The van der Waals surface area contributed by atoms with Gasteiger partial charge in [0.05, 0.1) is 12.1 Å². The quantitative estimate of drug-likeness (QED) is 0.747. The molecule has 1 aromatic heterocycles. The smallest absolute Gasteiger partial charge is 0.243 e. The van der Waals surface area contributed by atoms with E-state index in [1.165, 1.54) is 11.1 Å². The molecule has 0 unspecified atom stereocenters. The van der Waals surface area contributed by atoms with Crippen molar-refractivity contribution in [2.75, 3.05) is 5.32 Å². The molecule has 2 atom stereocenters. The average Bonchev–Trinajstić information content (AvgIpc) is 3.09. The molecule has 0 fully saturated rings. The van der Waals surface area contributed by atoms with Gasteiger partial charge in [-0.15, -0.1) is 0 Å². The third kappa shape index (κ3) is 3.12. The molecule has 0 saturated heterocycles. The number of hydrogen-bond donors (Lipinski definition) is 1. The first-order valence-corrected chi connectivity index (χ1v) is 8.89. The number of aromatic nitrogens is 4. The Morgan fingerprint density at radius 3 is 2.64 bits per heavy atom. The molecule has 25 heavy (non-hydrogen) atoms. The van der Waals surface area contributed by atoms with Gasteiger partial charge in [-0.1, -0.05) is 66.9 Å². The minimum absolute atomic E-state index is 0.0553. The zero-order valence-corrected chi connectivity index (χ0v) is 15.0. The predicted octanol–water partition coefficient (Wildman–Crippen LogP) is 4.60. The van der Waals surface area contributed by atoms with E-state index in [9.17, 15) is 0 Å². The molecule has 0 amide bonds. The summed E-state index contributed by atoms with van der Waals surface area (Å²) in [5.41, 5.74) is 3.70. The maximum absolute atomic E-state index is 6.19. The molecule has 2 aromatic carbocycles. The molecular formula is C19H20ClN5. The first-order chi connectivity index (χ1) is 12.1. The number of rotatable bonds is 3. The predicted molar refractivity (Wildman–Crippen MR) is 98.9 cm³/mol. The van der Waals surface area contributed by atoms with Gasteiger partial charge >= 0.3 is 0 Å². The van der Waals surface area contributed by atoms with Crippen molar-refractivity contribution < 1.29 is 0 Å². The van der Waals surface area contributed by atoms with Crippen LogP contribution in [0.3, 0.4) is 0 Å². The first kappa shape index (κ1) is 16.1. The molecule has 4 rings (SSSR count). The summed E-state index contributed by atoms with van der Waals surface area (Å²) < 4.78 is 1.84. The second-order valence-electron chi connectivity index (χ2n) is 6.77. The Morgan fingerprint density at radius 1 is 1.12 bits per heavy atom. The van der Waals surface area contributed by atoms with Gasteiger partial charge < -0.3 is 5.32 Å². The van der Waals surface area contributed by atoms with Crippen LogP contribution in [-0.2, 0) is 0 Å². The van der Waals surface area contributed by atoms with E-state index < -0.39 is 0 Å². The lowest BCUT2D eigenvalue weighted by Gasteiger charge is -2.31. The summed E-state index contributed by atoms with van der Waals surface area (Å²) in [6.07, 6.45) is 0.861. The lowest BCUT2D eigenvalue weighted by molar-refractivity contribution is 0.424. The normalized spacial score (nSPS) is 19.5. The Labute approximate surface area is 152 Å². The number of nitrogens with one attached hydrogen (secondary N) is 1. The third-order valence-corrected chi connectivity index (χ3v) is 5.02. The molecule has 0 saturated carbocycles. The number of benzene rings is 2. The molecule has 6 heteroatoms. The Hall–Kier alpha value is -2.40. The summed E-state index contributed by atoms with van der Waals surface area (Å²) in [6, 6.07) is 16.9. The Kier molecular flexibility index (Phi) is 4.17. The Morgan fingerprint density at radius 2 is 1.92 bits per heavy atom. The molecule has 3 aromatic rings. The number of halogens is 1. The van der Waals surface area contributed by atoms with E-state index in [4.69, 9.17) is 11.6 Å². The van der Waals surface area contributed by atoms with Crippen molar-refractivity contribution in [3.63, 3.8) is 0 Å². The second-order valence-corrected chi connectivity index (χ2v) is 7.21. The summed E-state index contributed by atoms with van der Waals surface area (Å²) in [7, 11) is 0. The highest BCUT2D eigenvalue weighted by molar-refractivity contribution is 6.30. The molecule has 0 aliphatic carbocycles. The van der Waals surface area contributed by atoms with E-state index >= 15 is 0 Å². The van der Waals surface area contributed by atoms with Crippen molar-refractivity contribution in [2.24, 2.45) is 0 Å². The van der Waals surface area contributed by atoms with Crippen LogP contribution < -0.4 is 5.32 Å². The van der Waals surface area contributed by atoms with E-state index in [2.05, 4.69) is 65.0 Å². The number of tetrazole rings is 1. The summed E-state index contributed by atoms with van der Waals surface area (Å²) in [6.45, 7) is 4.41. The van der Waals surface area contributed by atoms with Crippen LogP contribution in [-0.4, -0.2) is 20.2 Å². The summed E-state index contributed by atoms with van der Waals surface area (Å²) in [5, 5.41) is 16.3. The zero-order chi connectivity index (χ0) is 17.4. The minimum atomic E-state index is 0.0553. The van der Waals surface area contributed by atoms with Gasteiger partial charge in [0, 0.05) is 5.02 Å². The van der Waals surface area contributed by atoms with Crippen LogP contribution in [0.4, 0.5) is 5.95 Å². The van der Waals surface area contributed by atoms with Crippen LogP contribution in [0, 0.1) is 0 Å². The summed E-state index contributed by atoms with van der Waals surface area (Å²) in [5.74, 6) is 1.22. The molecule has 5 nitrogen and oxygen atoms in total. The van der Waals surface area contributed by atoms with E-state index in [-0.39, 0.29) is 12.1 Å². The summed E-state index contributed by atoms with van der Waals surface area (Å²) in [4.78, 5) is 0. The molecule has 0 bridgehead atoms. The van der Waals surface area contributed by atoms with Crippen molar-refractivity contribution in [3.05, 3.63) is 70.2 Å². The SMILES string of the molecule is CC(C)c1ccc([C@H]2C[C@H](c3cccc(Cl)c3)n3nnnc3N2)cc1. The van der Waals surface area contributed by atoms with Gasteiger partial charge in [0.1, 0.15) is 0 Å². The van der Waals surface area contributed by atoms with Gasteiger partial charge in [-0.3, -0.25) is 0 Å². The number of hydrogen-bond acceptors (Lipinski definition) is 4. The molecule has 0 radical (unpaired) electrons. The van der Waals surface area contributed by atoms with Crippen molar-refractivity contribution in [3.8, 4) is 0 Å². The van der Waals surface area contributed by atoms with Crippen LogP contribution in [0.5, 0.6) is 0 Å². The maximum Gasteiger partial charge on any atom is 0.243 e. The Bertz CT molecular complexity index is 872. The van der Waals surface area contributed by atoms with Gasteiger partial charge in [0.2, 0.25) is 5.95 Å². The molecule has 1 N–H and O–H groups in total. The highest BCUT2D eigenvalue weighted by Crippen LogP contribution is 2.37. The van der Waals surface area contributed by atoms with Gasteiger partial charge in [-0.05, 0) is 51.6 Å². The van der Waals surface area contributed by atoms with Crippen molar-refractivity contribution in [1.29, 1.82) is 0 Å². The van der Waals surface area contributed by atoms with Crippen molar-refractivity contribution >= 4 is 17.5 Å². The molecule has 0 spiro atoms. The molecule has 2 heterocycles. The fraction of sp³-hybridized carbons (Fsp3) is 0.316. The fourth-order valence-electron chi connectivity index (χ4n) is 3.36. The average molecular weight is 354 g/mol. The van der Waals surface area contributed by atoms with Crippen LogP contribution >= 0.6 is 11.6 Å². The lowest BCUT2D eigenvalue weighted by atomic mass is 9.92. The van der Waals surface area contributed by atoms with E-state index in [1.54, 1.807) is 0 Å². The van der Waals surface area contributed by atoms with Gasteiger partial charge in [-0.2, -0.15) is 0 Å². The molecule has 1 aliphatic rings. The topological polar surface area (TPSA) is 55.6 Å². The highest BCUT2D eigenvalue weighted by atomic mass is 35.5. The second kappa shape index (κ2) is 6.48. The first-order valence-electron chi connectivity index (χ1n) is 8.51.